The molecule has 4 heteroatoms. The first-order valence-electron chi connectivity index (χ1n) is 6.92. The minimum Gasteiger partial charge on any atom is -0.496 e. The van der Waals surface area contributed by atoms with Crippen molar-refractivity contribution in [1.29, 1.82) is 0 Å². The third-order valence-corrected chi connectivity index (χ3v) is 4.29. The smallest absolute Gasteiger partial charge is 0.125 e. The Balaban J connectivity index is 2.31. The fraction of sp³-hybridized carbons (Fsp3) is 0.600. The van der Waals surface area contributed by atoms with Crippen LogP contribution in [0.1, 0.15) is 24.9 Å². The zero-order valence-corrected chi connectivity index (χ0v) is 12.7. The summed E-state index contributed by atoms with van der Waals surface area (Å²) in [6.07, 6.45) is 1.20. The second-order valence-electron chi connectivity index (χ2n) is 5.14. The third-order valence-electron chi connectivity index (χ3n) is 3.96. The van der Waals surface area contributed by atoms with Crippen LogP contribution in [0.15, 0.2) is 18.2 Å². The van der Waals surface area contributed by atoms with Gasteiger partial charge in [-0.2, -0.15) is 0 Å². The summed E-state index contributed by atoms with van der Waals surface area (Å²) in [5, 5.41) is 4.26. The van der Waals surface area contributed by atoms with E-state index < -0.39 is 0 Å². The van der Waals surface area contributed by atoms with E-state index >= 15 is 0 Å². The zero-order valence-electron chi connectivity index (χ0n) is 11.9. The van der Waals surface area contributed by atoms with Crippen LogP contribution in [-0.2, 0) is 0 Å². The first kappa shape index (κ1) is 14.6. The van der Waals surface area contributed by atoms with Crippen molar-refractivity contribution < 1.29 is 4.74 Å². The summed E-state index contributed by atoms with van der Waals surface area (Å²) in [6, 6.07) is 6.23. The number of hydrogen-bond acceptors (Lipinski definition) is 3. The molecule has 2 rings (SSSR count). The first-order valence-corrected chi connectivity index (χ1v) is 7.30. The highest BCUT2D eigenvalue weighted by Gasteiger charge is 2.35. The molecule has 2 atom stereocenters. The largest absolute Gasteiger partial charge is 0.496 e. The standard InChI is InChI=1S/C15H23ClN2O/c1-4-17-10-11-8-9-18(2)15(11)14-12(16)6-5-7-13(14)19-3/h5-7,11,15,17H,4,8-10H2,1-3H3. The van der Waals surface area contributed by atoms with Crippen LogP contribution in [-0.4, -0.2) is 38.7 Å². The highest BCUT2D eigenvalue weighted by Crippen LogP contribution is 2.43. The normalized spacial score (nSPS) is 23.8. The van der Waals surface area contributed by atoms with Crippen LogP contribution in [0.25, 0.3) is 0 Å². The van der Waals surface area contributed by atoms with Crippen molar-refractivity contribution in [3.8, 4) is 5.75 Å². The molecule has 0 amide bonds. The molecule has 106 valence electrons. The van der Waals surface area contributed by atoms with Gasteiger partial charge in [-0.1, -0.05) is 24.6 Å². The minimum absolute atomic E-state index is 0.336. The Bertz CT molecular complexity index is 425. The number of nitrogens with one attached hydrogen (secondary N) is 1. The molecule has 1 saturated heterocycles. The fourth-order valence-electron chi connectivity index (χ4n) is 3.01. The Morgan fingerprint density at radius 3 is 2.95 bits per heavy atom. The van der Waals surface area contributed by atoms with Crippen LogP contribution < -0.4 is 10.1 Å². The first-order chi connectivity index (χ1) is 9.19. The molecule has 0 saturated carbocycles. The van der Waals surface area contributed by atoms with Gasteiger partial charge in [0.2, 0.25) is 0 Å². The summed E-state index contributed by atoms with van der Waals surface area (Å²) in [6.45, 7) is 5.28. The summed E-state index contributed by atoms with van der Waals surface area (Å²) >= 11 is 6.43. The van der Waals surface area contributed by atoms with Crippen LogP contribution in [0.2, 0.25) is 5.02 Å². The van der Waals surface area contributed by atoms with E-state index in [0.29, 0.717) is 12.0 Å². The van der Waals surface area contributed by atoms with Gasteiger partial charge in [-0.15, -0.1) is 0 Å². The van der Waals surface area contributed by atoms with Crippen LogP contribution >= 0.6 is 11.6 Å². The van der Waals surface area contributed by atoms with Gasteiger partial charge < -0.3 is 10.1 Å². The molecule has 0 spiro atoms. The lowest BCUT2D eigenvalue weighted by molar-refractivity contribution is 0.264. The lowest BCUT2D eigenvalue weighted by Gasteiger charge is -2.28. The average Bonchev–Trinajstić information content (AvgIpc) is 2.77. The van der Waals surface area contributed by atoms with Gasteiger partial charge in [0.15, 0.2) is 0 Å². The fourth-order valence-corrected chi connectivity index (χ4v) is 3.29. The average molecular weight is 283 g/mol. The number of benzene rings is 1. The van der Waals surface area contributed by atoms with Crippen LogP contribution in [0.4, 0.5) is 0 Å². The molecule has 0 aromatic heterocycles. The molecule has 0 aliphatic carbocycles. The van der Waals surface area contributed by atoms with Crippen molar-refractivity contribution in [3.63, 3.8) is 0 Å². The van der Waals surface area contributed by atoms with Gasteiger partial charge in [0, 0.05) is 16.6 Å². The highest BCUT2D eigenvalue weighted by atomic mass is 35.5. The second-order valence-corrected chi connectivity index (χ2v) is 5.54. The molecule has 1 fully saturated rings. The predicted molar refractivity (Wildman–Crippen MR) is 80.0 cm³/mol. The number of likely N-dealkylation sites (tertiary alicyclic amines) is 1. The van der Waals surface area contributed by atoms with Crippen molar-refractivity contribution in [3.05, 3.63) is 28.8 Å². The maximum absolute atomic E-state index is 6.43. The SMILES string of the molecule is CCNCC1CCN(C)C1c1c(Cl)cccc1OC. The molecule has 1 heterocycles. The Hall–Kier alpha value is -0.770. The van der Waals surface area contributed by atoms with Crippen molar-refractivity contribution in [2.75, 3.05) is 33.8 Å². The van der Waals surface area contributed by atoms with Gasteiger partial charge in [-0.05, 0) is 51.2 Å². The van der Waals surface area contributed by atoms with Gasteiger partial charge in [-0.3, -0.25) is 4.90 Å². The number of nitrogens with zero attached hydrogens (tertiary/aromatic N) is 1. The predicted octanol–water partition coefficient (Wildman–Crippen LogP) is 2.95. The maximum atomic E-state index is 6.43. The quantitative estimate of drug-likeness (QED) is 0.899. The lowest BCUT2D eigenvalue weighted by atomic mass is 9.93. The summed E-state index contributed by atoms with van der Waals surface area (Å²) < 4.78 is 5.51. The highest BCUT2D eigenvalue weighted by molar-refractivity contribution is 6.31. The molecule has 1 aromatic rings. The molecule has 1 aromatic carbocycles. The van der Waals surface area contributed by atoms with Gasteiger partial charge in [0.05, 0.1) is 7.11 Å². The lowest BCUT2D eigenvalue weighted by Crippen LogP contribution is -2.29. The van der Waals surface area contributed by atoms with E-state index in [1.165, 1.54) is 6.42 Å². The van der Waals surface area contributed by atoms with Crippen molar-refractivity contribution in [2.45, 2.75) is 19.4 Å². The Morgan fingerprint density at radius 1 is 1.47 bits per heavy atom. The molecule has 0 bridgehead atoms. The summed E-state index contributed by atoms with van der Waals surface area (Å²) in [5.74, 6) is 1.48. The Labute approximate surface area is 120 Å². The molecule has 1 aliphatic heterocycles. The van der Waals surface area contributed by atoms with Gasteiger partial charge in [0.1, 0.15) is 5.75 Å². The van der Waals surface area contributed by atoms with Gasteiger partial charge in [-0.25, -0.2) is 0 Å². The molecular weight excluding hydrogens is 260 g/mol. The molecule has 1 N–H and O–H groups in total. The number of hydrogen-bond donors (Lipinski definition) is 1. The van der Waals surface area contributed by atoms with Crippen molar-refractivity contribution in [2.24, 2.45) is 5.92 Å². The van der Waals surface area contributed by atoms with Gasteiger partial charge >= 0.3 is 0 Å². The monoisotopic (exact) mass is 282 g/mol. The summed E-state index contributed by atoms with van der Waals surface area (Å²) in [5.41, 5.74) is 1.13. The van der Waals surface area contributed by atoms with E-state index in [9.17, 15) is 0 Å². The second kappa shape index (κ2) is 6.60. The zero-order chi connectivity index (χ0) is 13.8. The Morgan fingerprint density at radius 2 is 2.26 bits per heavy atom. The molecule has 3 nitrogen and oxygen atoms in total. The van der Waals surface area contributed by atoms with Gasteiger partial charge in [0.25, 0.3) is 0 Å². The van der Waals surface area contributed by atoms with E-state index in [-0.39, 0.29) is 0 Å². The third kappa shape index (κ3) is 3.04. The molecule has 1 aliphatic rings. The summed E-state index contributed by atoms with van der Waals surface area (Å²) in [7, 11) is 3.88. The van der Waals surface area contributed by atoms with Crippen LogP contribution in [0.5, 0.6) is 5.75 Å². The number of ether oxygens (including phenoxy) is 1. The topological polar surface area (TPSA) is 24.5 Å². The maximum Gasteiger partial charge on any atom is 0.125 e. The molecule has 19 heavy (non-hydrogen) atoms. The number of halogens is 1. The number of methoxy groups -OCH3 is 1. The summed E-state index contributed by atoms with van der Waals surface area (Å²) in [4.78, 5) is 2.38. The number of rotatable bonds is 5. The van der Waals surface area contributed by atoms with Crippen molar-refractivity contribution in [1.82, 2.24) is 10.2 Å². The van der Waals surface area contributed by atoms with E-state index in [1.54, 1.807) is 7.11 Å². The molecule has 0 radical (unpaired) electrons. The minimum atomic E-state index is 0.336. The van der Waals surface area contributed by atoms with E-state index in [4.69, 9.17) is 16.3 Å². The van der Waals surface area contributed by atoms with Crippen LogP contribution in [0.3, 0.4) is 0 Å². The molecule has 2 unspecified atom stereocenters. The van der Waals surface area contributed by atoms with Crippen LogP contribution in [0, 0.1) is 5.92 Å². The van der Waals surface area contributed by atoms with Crippen molar-refractivity contribution >= 4 is 11.6 Å². The Kier molecular flexibility index (Phi) is 5.08. The van der Waals surface area contributed by atoms with E-state index in [0.717, 1.165) is 36.0 Å². The van der Waals surface area contributed by atoms with E-state index in [1.807, 2.05) is 18.2 Å². The molecular formula is C15H23ClN2O. The van der Waals surface area contributed by atoms with E-state index in [2.05, 4.69) is 24.2 Å².